The van der Waals surface area contributed by atoms with E-state index in [-0.39, 0.29) is 25.9 Å². The SMILES string of the molecule is CCCC1C[C@@H]2[C@@H](CC[C@@]3(S(=O)(=O)c4ccc(C(F)(F)F)cc4)c4c(F)ccc(F)c4OC[C@@H]23)NS1(=O)=O. The first-order chi connectivity index (χ1) is 17.7. The number of fused-ring (bicyclic) bond motifs is 5. The van der Waals surface area contributed by atoms with E-state index in [1.54, 1.807) is 0 Å². The molecule has 2 fully saturated rings. The molecule has 0 amide bonds. The molecule has 5 rings (SSSR count). The molecule has 0 spiro atoms. The number of benzene rings is 2. The third-order valence-corrected chi connectivity index (χ3v) is 12.7. The Morgan fingerprint density at radius 1 is 1.08 bits per heavy atom. The summed E-state index contributed by atoms with van der Waals surface area (Å²) in [6.45, 7) is 1.49. The lowest BCUT2D eigenvalue weighted by atomic mass is 9.64. The Kier molecular flexibility index (Phi) is 6.58. The van der Waals surface area contributed by atoms with E-state index in [0.29, 0.717) is 25.0 Å². The largest absolute Gasteiger partial charge is 0.490 e. The lowest BCUT2D eigenvalue weighted by molar-refractivity contribution is -0.137. The van der Waals surface area contributed by atoms with Crippen LogP contribution in [0, 0.1) is 23.5 Å². The number of halogens is 5. The zero-order valence-electron chi connectivity index (χ0n) is 20.3. The van der Waals surface area contributed by atoms with Crippen molar-refractivity contribution in [1.82, 2.24) is 4.72 Å². The number of hydrogen-bond donors (Lipinski definition) is 1. The second-order valence-corrected chi connectivity index (χ2v) is 14.4. The number of nitrogens with one attached hydrogen (secondary N) is 1. The van der Waals surface area contributed by atoms with Crippen LogP contribution >= 0.6 is 0 Å². The molecular formula is C25H26F5NO5S2. The molecule has 0 aromatic heterocycles. The van der Waals surface area contributed by atoms with Gasteiger partial charge in [0.25, 0.3) is 0 Å². The fraction of sp³-hybridized carbons (Fsp3) is 0.520. The van der Waals surface area contributed by atoms with Crippen molar-refractivity contribution in [3.05, 3.63) is 59.2 Å². The molecule has 5 atom stereocenters. The molecule has 1 saturated carbocycles. The minimum absolute atomic E-state index is 0.00843. The maximum atomic E-state index is 15.5. The van der Waals surface area contributed by atoms with Crippen LogP contribution in [0.4, 0.5) is 22.0 Å². The molecule has 0 radical (unpaired) electrons. The van der Waals surface area contributed by atoms with Crippen LogP contribution < -0.4 is 9.46 Å². The van der Waals surface area contributed by atoms with Gasteiger partial charge in [0.15, 0.2) is 21.4 Å². The lowest BCUT2D eigenvalue weighted by Crippen LogP contribution is -2.63. The van der Waals surface area contributed by atoms with Crippen molar-refractivity contribution in [3.8, 4) is 5.75 Å². The van der Waals surface area contributed by atoms with E-state index in [1.165, 1.54) is 0 Å². The number of sulfone groups is 1. The zero-order chi connectivity index (χ0) is 27.7. The fourth-order valence-corrected chi connectivity index (χ4v) is 10.8. The number of alkyl halides is 3. The third-order valence-electron chi connectivity index (χ3n) is 8.22. The standard InChI is InChI=1S/C25H26F5NO5S2/c1-2-3-16-12-17-18-13-36-23-20(27)9-8-19(26)22(23)24(18,11-10-21(17)31-38(16,34)35)37(32,33)15-6-4-14(5-7-15)25(28,29)30/h4-9,16-18,21,31H,2-3,10-13H2,1H3/t16?,17-,18-,21+,24-/m0/s1. The van der Waals surface area contributed by atoms with E-state index in [0.717, 1.165) is 24.3 Å². The van der Waals surface area contributed by atoms with Crippen LogP contribution in [-0.2, 0) is 30.8 Å². The molecule has 2 heterocycles. The maximum Gasteiger partial charge on any atom is 0.416 e. The van der Waals surface area contributed by atoms with Crippen LogP contribution in [0.1, 0.15) is 50.2 Å². The van der Waals surface area contributed by atoms with Crippen molar-refractivity contribution < 1.29 is 43.5 Å². The number of ether oxygens (including phenoxy) is 1. The van der Waals surface area contributed by atoms with Gasteiger partial charge in [-0.05, 0) is 68.0 Å². The highest BCUT2D eigenvalue weighted by Crippen LogP contribution is 2.59. The Bertz CT molecular complexity index is 1460. The molecule has 3 aliphatic rings. The van der Waals surface area contributed by atoms with Crippen LogP contribution in [0.5, 0.6) is 5.75 Å². The number of hydrogen-bond acceptors (Lipinski definition) is 5. The van der Waals surface area contributed by atoms with Gasteiger partial charge in [-0.1, -0.05) is 13.3 Å². The van der Waals surface area contributed by atoms with Gasteiger partial charge in [-0.2, -0.15) is 13.2 Å². The van der Waals surface area contributed by atoms with Gasteiger partial charge in [-0.15, -0.1) is 0 Å². The molecule has 2 aromatic carbocycles. The summed E-state index contributed by atoms with van der Waals surface area (Å²) in [6, 6.07) is 3.91. The number of sulfonamides is 1. The zero-order valence-corrected chi connectivity index (χ0v) is 21.9. The molecule has 38 heavy (non-hydrogen) atoms. The van der Waals surface area contributed by atoms with E-state index in [2.05, 4.69) is 4.72 Å². The molecule has 1 aliphatic carbocycles. The molecule has 2 aromatic rings. The highest BCUT2D eigenvalue weighted by Gasteiger charge is 2.64. The Hall–Kier alpha value is -2.25. The summed E-state index contributed by atoms with van der Waals surface area (Å²) < 4.78 is 130. The minimum atomic E-state index is -4.70. The van der Waals surface area contributed by atoms with Gasteiger partial charge in [0, 0.05) is 12.0 Å². The summed E-state index contributed by atoms with van der Waals surface area (Å²) in [5.41, 5.74) is -1.55. The molecule has 1 N–H and O–H groups in total. The van der Waals surface area contributed by atoms with Crippen LogP contribution in [0.2, 0.25) is 0 Å². The van der Waals surface area contributed by atoms with Crippen molar-refractivity contribution in [2.24, 2.45) is 11.8 Å². The first kappa shape index (κ1) is 27.3. The topological polar surface area (TPSA) is 89.5 Å². The van der Waals surface area contributed by atoms with E-state index in [9.17, 15) is 34.4 Å². The predicted molar refractivity (Wildman–Crippen MR) is 128 cm³/mol. The van der Waals surface area contributed by atoms with Gasteiger partial charge in [-0.25, -0.2) is 30.3 Å². The van der Waals surface area contributed by atoms with Gasteiger partial charge in [-0.3, -0.25) is 0 Å². The second-order valence-electron chi connectivity index (χ2n) is 10.2. The van der Waals surface area contributed by atoms with E-state index < -0.39 is 87.3 Å². The number of rotatable bonds is 4. The first-order valence-corrected chi connectivity index (χ1v) is 15.3. The molecule has 13 heteroatoms. The van der Waals surface area contributed by atoms with E-state index in [1.807, 2.05) is 6.92 Å². The van der Waals surface area contributed by atoms with Gasteiger partial charge in [0.2, 0.25) is 10.0 Å². The molecule has 208 valence electrons. The first-order valence-electron chi connectivity index (χ1n) is 12.3. The molecular weight excluding hydrogens is 553 g/mol. The summed E-state index contributed by atoms with van der Waals surface area (Å²) in [6.07, 6.45) is -3.99. The highest BCUT2D eigenvalue weighted by molar-refractivity contribution is 7.92. The van der Waals surface area contributed by atoms with E-state index in [4.69, 9.17) is 4.74 Å². The summed E-state index contributed by atoms with van der Waals surface area (Å²) in [7, 11) is -8.32. The van der Waals surface area contributed by atoms with Crippen molar-refractivity contribution in [3.63, 3.8) is 0 Å². The Balaban J connectivity index is 1.71. The van der Waals surface area contributed by atoms with Gasteiger partial charge in [0.05, 0.1) is 27.9 Å². The smallest absolute Gasteiger partial charge is 0.416 e. The molecule has 2 aliphatic heterocycles. The van der Waals surface area contributed by atoms with Gasteiger partial charge in [0.1, 0.15) is 10.6 Å². The lowest BCUT2D eigenvalue weighted by Gasteiger charge is -2.54. The normalized spacial score (nSPS) is 30.5. The molecule has 0 bridgehead atoms. The van der Waals surface area contributed by atoms with Crippen LogP contribution in [0.15, 0.2) is 41.3 Å². The van der Waals surface area contributed by atoms with Crippen molar-refractivity contribution in [1.29, 1.82) is 0 Å². The average Bonchev–Trinajstić information content (AvgIpc) is 2.85. The Labute approximate surface area is 217 Å². The van der Waals surface area contributed by atoms with E-state index >= 15 is 4.39 Å². The second kappa shape index (κ2) is 9.16. The van der Waals surface area contributed by atoms with Crippen LogP contribution in [0.25, 0.3) is 0 Å². The fourth-order valence-electron chi connectivity index (χ4n) is 6.51. The predicted octanol–water partition coefficient (Wildman–Crippen LogP) is 4.93. The van der Waals surface area contributed by atoms with Gasteiger partial charge < -0.3 is 4.74 Å². The van der Waals surface area contributed by atoms with Crippen LogP contribution in [-0.4, -0.2) is 34.7 Å². The third kappa shape index (κ3) is 4.03. The summed E-state index contributed by atoms with van der Waals surface area (Å²) in [5.74, 6) is -4.10. The minimum Gasteiger partial charge on any atom is -0.490 e. The average molecular weight is 580 g/mol. The quantitative estimate of drug-likeness (QED) is 0.519. The Morgan fingerprint density at radius 2 is 1.74 bits per heavy atom. The summed E-state index contributed by atoms with van der Waals surface area (Å²) in [4.78, 5) is -0.466. The van der Waals surface area contributed by atoms with Crippen molar-refractivity contribution in [2.45, 2.75) is 66.1 Å². The summed E-state index contributed by atoms with van der Waals surface area (Å²) in [5, 5.41) is -0.808. The molecule has 6 nitrogen and oxygen atoms in total. The Morgan fingerprint density at radius 3 is 2.37 bits per heavy atom. The van der Waals surface area contributed by atoms with Crippen molar-refractivity contribution >= 4 is 19.9 Å². The van der Waals surface area contributed by atoms with Crippen molar-refractivity contribution in [2.75, 3.05) is 6.61 Å². The monoisotopic (exact) mass is 579 g/mol. The van der Waals surface area contributed by atoms with Gasteiger partial charge >= 0.3 is 6.18 Å². The molecule has 1 saturated heterocycles. The maximum absolute atomic E-state index is 15.5. The van der Waals surface area contributed by atoms with Crippen LogP contribution in [0.3, 0.4) is 0 Å². The molecule has 1 unspecified atom stereocenters. The highest BCUT2D eigenvalue weighted by atomic mass is 32.2. The summed E-state index contributed by atoms with van der Waals surface area (Å²) >= 11 is 0.